The van der Waals surface area contributed by atoms with Gasteiger partial charge in [-0.3, -0.25) is 0 Å². The Bertz CT molecular complexity index is 541. The second-order valence-electron chi connectivity index (χ2n) is 6.18. The van der Waals surface area contributed by atoms with E-state index in [9.17, 15) is 4.79 Å². The summed E-state index contributed by atoms with van der Waals surface area (Å²) < 4.78 is 5.52. The van der Waals surface area contributed by atoms with Gasteiger partial charge in [-0.2, -0.15) is 0 Å². The molecule has 2 fully saturated rings. The lowest BCUT2D eigenvalue weighted by Crippen LogP contribution is -2.36. The monoisotopic (exact) mass is 337 g/mol. The summed E-state index contributed by atoms with van der Waals surface area (Å²) in [5.74, 6) is 0. The van der Waals surface area contributed by atoms with Crippen LogP contribution in [-0.4, -0.2) is 38.4 Å². The van der Waals surface area contributed by atoms with Crippen LogP contribution in [-0.2, 0) is 4.74 Å². The molecular weight excluding hydrogens is 314 g/mol. The topological polar surface area (TPSA) is 53.6 Å². The molecule has 1 aromatic rings. The third kappa shape index (κ3) is 4.52. The van der Waals surface area contributed by atoms with Gasteiger partial charge < -0.3 is 20.3 Å². The predicted molar refractivity (Wildman–Crippen MR) is 93.5 cm³/mol. The summed E-state index contributed by atoms with van der Waals surface area (Å²) in [6, 6.07) is 5.47. The van der Waals surface area contributed by atoms with Crippen LogP contribution < -0.4 is 15.5 Å². The van der Waals surface area contributed by atoms with Crippen molar-refractivity contribution in [3.05, 3.63) is 23.2 Å². The van der Waals surface area contributed by atoms with Crippen LogP contribution in [0.15, 0.2) is 18.2 Å². The van der Waals surface area contributed by atoms with E-state index in [1.54, 1.807) is 0 Å². The van der Waals surface area contributed by atoms with Gasteiger partial charge in [0, 0.05) is 31.3 Å². The standard InChI is InChI=1S/C17H24ClN3O2/c18-13-6-7-16(21-8-2-1-3-9-21)15(11-13)20-17(22)19-12-14-5-4-10-23-14/h6-7,11,14H,1-5,8-10,12H2,(H2,19,20,22). The van der Waals surface area contributed by atoms with E-state index >= 15 is 0 Å². The largest absolute Gasteiger partial charge is 0.376 e. The number of amides is 2. The zero-order chi connectivity index (χ0) is 16.1. The van der Waals surface area contributed by atoms with Crippen molar-refractivity contribution in [2.75, 3.05) is 36.5 Å². The second-order valence-corrected chi connectivity index (χ2v) is 6.62. The molecule has 2 amide bonds. The Morgan fingerprint density at radius 1 is 1.26 bits per heavy atom. The van der Waals surface area contributed by atoms with Gasteiger partial charge >= 0.3 is 6.03 Å². The maximum Gasteiger partial charge on any atom is 0.319 e. The second kappa shape index (κ2) is 7.88. The number of nitrogens with one attached hydrogen (secondary N) is 2. The van der Waals surface area contributed by atoms with Gasteiger partial charge in [0.15, 0.2) is 0 Å². The number of piperidine rings is 1. The van der Waals surface area contributed by atoms with Gasteiger partial charge in [0.1, 0.15) is 0 Å². The van der Waals surface area contributed by atoms with E-state index in [4.69, 9.17) is 16.3 Å². The molecule has 1 unspecified atom stereocenters. The lowest BCUT2D eigenvalue weighted by molar-refractivity contribution is 0.112. The van der Waals surface area contributed by atoms with Crippen molar-refractivity contribution >= 4 is 29.0 Å². The zero-order valence-electron chi connectivity index (χ0n) is 13.3. The molecule has 5 nitrogen and oxygen atoms in total. The minimum absolute atomic E-state index is 0.140. The molecule has 2 saturated heterocycles. The summed E-state index contributed by atoms with van der Waals surface area (Å²) in [5.41, 5.74) is 1.81. The fourth-order valence-electron chi connectivity index (χ4n) is 3.20. The van der Waals surface area contributed by atoms with Gasteiger partial charge in [0.25, 0.3) is 0 Å². The van der Waals surface area contributed by atoms with Crippen LogP contribution in [0, 0.1) is 0 Å². The summed E-state index contributed by atoms with van der Waals surface area (Å²) >= 11 is 6.11. The van der Waals surface area contributed by atoms with Crippen LogP contribution in [0.2, 0.25) is 5.02 Å². The number of benzene rings is 1. The maximum absolute atomic E-state index is 12.2. The molecule has 1 aromatic carbocycles. The Morgan fingerprint density at radius 2 is 2.09 bits per heavy atom. The molecule has 2 aliphatic heterocycles. The first-order valence-corrected chi connectivity index (χ1v) is 8.81. The van der Waals surface area contributed by atoms with Gasteiger partial charge in [-0.15, -0.1) is 0 Å². The van der Waals surface area contributed by atoms with Gasteiger partial charge in [-0.05, 0) is 50.3 Å². The van der Waals surface area contributed by atoms with E-state index in [1.165, 1.54) is 19.3 Å². The van der Waals surface area contributed by atoms with Crippen molar-refractivity contribution in [3.63, 3.8) is 0 Å². The Hall–Kier alpha value is -1.46. The third-order valence-corrected chi connectivity index (χ3v) is 4.65. The number of carbonyl (C=O) groups is 1. The van der Waals surface area contributed by atoms with E-state index in [-0.39, 0.29) is 12.1 Å². The minimum Gasteiger partial charge on any atom is -0.376 e. The predicted octanol–water partition coefficient (Wildman–Crippen LogP) is 3.63. The highest BCUT2D eigenvalue weighted by Gasteiger charge is 2.18. The highest BCUT2D eigenvalue weighted by atomic mass is 35.5. The van der Waals surface area contributed by atoms with Gasteiger partial charge in [-0.1, -0.05) is 11.6 Å². The van der Waals surface area contributed by atoms with E-state index < -0.39 is 0 Å². The molecule has 3 rings (SSSR count). The smallest absolute Gasteiger partial charge is 0.319 e. The Kier molecular flexibility index (Phi) is 5.62. The molecule has 2 aliphatic rings. The molecule has 0 spiro atoms. The summed E-state index contributed by atoms with van der Waals surface area (Å²) in [4.78, 5) is 14.5. The quantitative estimate of drug-likeness (QED) is 0.882. The van der Waals surface area contributed by atoms with Crippen LogP contribution in [0.5, 0.6) is 0 Å². The van der Waals surface area contributed by atoms with E-state index in [0.717, 1.165) is 43.9 Å². The molecule has 0 aromatic heterocycles. The first-order valence-electron chi connectivity index (χ1n) is 8.43. The molecule has 0 bridgehead atoms. The average molecular weight is 338 g/mol. The fraction of sp³-hybridized carbons (Fsp3) is 0.588. The van der Waals surface area contributed by atoms with Crippen molar-refractivity contribution in [2.24, 2.45) is 0 Å². The highest BCUT2D eigenvalue weighted by Crippen LogP contribution is 2.31. The zero-order valence-corrected chi connectivity index (χ0v) is 14.1. The van der Waals surface area contributed by atoms with Crippen molar-refractivity contribution in [1.82, 2.24) is 5.32 Å². The molecule has 2 N–H and O–H groups in total. The number of urea groups is 1. The van der Waals surface area contributed by atoms with Gasteiger partial charge in [0.05, 0.1) is 17.5 Å². The molecule has 6 heteroatoms. The molecule has 1 atom stereocenters. The molecule has 0 saturated carbocycles. The Morgan fingerprint density at radius 3 is 2.83 bits per heavy atom. The van der Waals surface area contributed by atoms with Crippen LogP contribution in [0.3, 0.4) is 0 Å². The molecule has 23 heavy (non-hydrogen) atoms. The number of rotatable bonds is 4. The third-order valence-electron chi connectivity index (χ3n) is 4.42. The maximum atomic E-state index is 12.2. The van der Waals surface area contributed by atoms with Crippen LogP contribution in [0.1, 0.15) is 32.1 Å². The molecule has 2 heterocycles. The fourth-order valence-corrected chi connectivity index (χ4v) is 3.37. The molecule has 126 valence electrons. The van der Waals surface area contributed by atoms with Crippen LogP contribution in [0.25, 0.3) is 0 Å². The van der Waals surface area contributed by atoms with E-state index in [0.29, 0.717) is 11.6 Å². The Balaban J connectivity index is 1.63. The summed E-state index contributed by atoms with van der Waals surface area (Å²) in [6.45, 7) is 3.38. The highest BCUT2D eigenvalue weighted by molar-refractivity contribution is 6.31. The van der Waals surface area contributed by atoms with Crippen molar-refractivity contribution in [1.29, 1.82) is 0 Å². The summed E-state index contributed by atoms with van der Waals surface area (Å²) in [6.07, 6.45) is 5.87. The minimum atomic E-state index is -0.207. The first-order chi connectivity index (χ1) is 11.2. The number of carbonyl (C=O) groups excluding carboxylic acids is 1. The lowest BCUT2D eigenvalue weighted by Gasteiger charge is -2.30. The normalized spacial score (nSPS) is 21.3. The van der Waals surface area contributed by atoms with Crippen molar-refractivity contribution in [3.8, 4) is 0 Å². The van der Waals surface area contributed by atoms with Crippen LogP contribution in [0.4, 0.5) is 16.2 Å². The SMILES string of the molecule is O=C(NCC1CCCO1)Nc1cc(Cl)ccc1N1CCCCC1. The van der Waals surface area contributed by atoms with Crippen LogP contribution >= 0.6 is 11.6 Å². The number of ether oxygens (including phenoxy) is 1. The number of anilines is 2. The number of halogens is 1. The van der Waals surface area contributed by atoms with Crippen molar-refractivity contribution in [2.45, 2.75) is 38.2 Å². The van der Waals surface area contributed by atoms with Gasteiger partial charge in [0.2, 0.25) is 0 Å². The number of hydrogen-bond donors (Lipinski definition) is 2. The molecular formula is C17H24ClN3O2. The summed E-state index contributed by atoms with van der Waals surface area (Å²) in [5, 5.41) is 6.45. The van der Waals surface area contributed by atoms with E-state index in [2.05, 4.69) is 15.5 Å². The van der Waals surface area contributed by atoms with Gasteiger partial charge in [-0.25, -0.2) is 4.79 Å². The average Bonchev–Trinajstić information content (AvgIpc) is 3.07. The number of hydrogen-bond acceptors (Lipinski definition) is 3. The van der Waals surface area contributed by atoms with E-state index in [1.807, 2.05) is 18.2 Å². The molecule has 0 radical (unpaired) electrons. The first kappa shape index (κ1) is 16.4. The number of nitrogens with zero attached hydrogens (tertiary/aromatic N) is 1. The van der Waals surface area contributed by atoms with Crippen molar-refractivity contribution < 1.29 is 9.53 Å². The Labute approximate surface area is 142 Å². The summed E-state index contributed by atoms with van der Waals surface area (Å²) in [7, 11) is 0. The molecule has 0 aliphatic carbocycles. The lowest BCUT2D eigenvalue weighted by atomic mass is 10.1.